The minimum atomic E-state index is -0.829. The fourth-order valence-electron chi connectivity index (χ4n) is 3.38. The van der Waals surface area contributed by atoms with Crippen molar-refractivity contribution in [2.24, 2.45) is 0 Å². The molecule has 0 saturated carbocycles. The van der Waals surface area contributed by atoms with Crippen molar-refractivity contribution in [1.29, 1.82) is 0 Å². The number of imide groups is 2. The van der Waals surface area contributed by atoms with Gasteiger partial charge in [0.2, 0.25) is 0 Å². The molecule has 1 N–H and O–H groups in total. The van der Waals surface area contributed by atoms with Crippen molar-refractivity contribution < 1.29 is 23.9 Å². The molecule has 0 atom stereocenters. The molecule has 7 nitrogen and oxygen atoms in total. The molecule has 0 aliphatic carbocycles. The molecule has 0 bridgehead atoms. The molecule has 4 rings (SSSR count). The number of rotatable bonds is 8. The topological polar surface area (TPSA) is 84.9 Å². The number of nitrogens with one attached hydrogen (secondary N) is 1. The van der Waals surface area contributed by atoms with E-state index < -0.39 is 17.8 Å². The van der Waals surface area contributed by atoms with Gasteiger partial charge in [0.25, 0.3) is 11.8 Å². The van der Waals surface area contributed by atoms with Crippen LogP contribution in [0.5, 0.6) is 11.5 Å². The zero-order chi connectivity index (χ0) is 24.8. The number of carbonyl (C=O) groups excluding carboxylic acids is 3. The lowest BCUT2D eigenvalue weighted by molar-refractivity contribution is -0.122. The van der Waals surface area contributed by atoms with Crippen LogP contribution in [-0.2, 0) is 16.2 Å². The number of nitrogens with zero attached hydrogens (tertiary/aromatic N) is 1. The average molecular weight is 489 g/mol. The Morgan fingerprint density at radius 3 is 2.43 bits per heavy atom. The zero-order valence-corrected chi connectivity index (χ0v) is 19.3. The number of hydrogen-bond acceptors (Lipinski definition) is 5. The van der Waals surface area contributed by atoms with Gasteiger partial charge >= 0.3 is 6.03 Å². The Labute approximate surface area is 207 Å². The van der Waals surface area contributed by atoms with Crippen molar-refractivity contribution >= 4 is 41.2 Å². The summed E-state index contributed by atoms with van der Waals surface area (Å²) in [6.45, 7) is 4.19. The number of benzene rings is 3. The fraction of sp³-hybridized carbons (Fsp3) is 0.0741. The van der Waals surface area contributed by atoms with Gasteiger partial charge in [0.15, 0.2) is 0 Å². The molecule has 3 aromatic rings. The van der Waals surface area contributed by atoms with E-state index in [1.807, 2.05) is 18.2 Å². The highest BCUT2D eigenvalue weighted by molar-refractivity contribution is 6.39. The van der Waals surface area contributed by atoms with Gasteiger partial charge in [-0.25, -0.2) is 9.69 Å². The molecule has 1 fully saturated rings. The maximum atomic E-state index is 13.1. The van der Waals surface area contributed by atoms with Crippen molar-refractivity contribution in [1.82, 2.24) is 5.32 Å². The van der Waals surface area contributed by atoms with E-state index in [4.69, 9.17) is 21.1 Å². The fourth-order valence-corrected chi connectivity index (χ4v) is 3.57. The highest BCUT2D eigenvalue weighted by Gasteiger charge is 2.36. The summed E-state index contributed by atoms with van der Waals surface area (Å²) >= 11 is 6.15. The molecule has 1 aliphatic heterocycles. The molecule has 1 heterocycles. The van der Waals surface area contributed by atoms with Gasteiger partial charge in [0.05, 0.1) is 5.69 Å². The molecule has 35 heavy (non-hydrogen) atoms. The molecule has 0 radical (unpaired) electrons. The maximum Gasteiger partial charge on any atom is 0.335 e. The number of carbonyl (C=O) groups is 3. The summed E-state index contributed by atoms with van der Waals surface area (Å²) in [6, 6.07) is 19.8. The van der Waals surface area contributed by atoms with Crippen LogP contribution in [0.4, 0.5) is 10.5 Å². The first kappa shape index (κ1) is 23.8. The first-order chi connectivity index (χ1) is 17.0. The van der Waals surface area contributed by atoms with E-state index in [-0.39, 0.29) is 12.2 Å². The van der Waals surface area contributed by atoms with Crippen molar-refractivity contribution in [3.63, 3.8) is 0 Å². The quantitative estimate of drug-likeness (QED) is 0.269. The summed E-state index contributed by atoms with van der Waals surface area (Å²) in [5, 5.41) is 2.81. The SMILES string of the molecule is C=CCOc1cccc(/C=C2/C(=O)NC(=O)N(c3ccc(OCc4ccccc4Cl)cc3)C2=O)c1. The first-order valence-electron chi connectivity index (χ1n) is 10.7. The second kappa shape index (κ2) is 10.7. The van der Waals surface area contributed by atoms with E-state index in [0.717, 1.165) is 10.5 Å². The zero-order valence-electron chi connectivity index (χ0n) is 18.6. The van der Waals surface area contributed by atoms with Gasteiger partial charge in [-0.1, -0.05) is 54.6 Å². The van der Waals surface area contributed by atoms with Crippen molar-refractivity contribution in [2.45, 2.75) is 6.61 Å². The van der Waals surface area contributed by atoms with Crippen LogP contribution in [0.25, 0.3) is 6.08 Å². The lowest BCUT2D eigenvalue weighted by Gasteiger charge is -2.26. The van der Waals surface area contributed by atoms with Crippen LogP contribution in [-0.4, -0.2) is 24.5 Å². The summed E-state index contributed by atoms with van der Waals surface area (Å²) in [5.74, 6) is -0.417. The Morgan fingerprint density at radius 2 is 1.69 bits per heavy atom. The van der Waals surface area contributed by atoms with Crippen LogP contribution in [0, 0.1) is 0 Å². The normalized spacial score (nSPS) is 14.6. The maximum absolute atomic E-state index is 13.1. The van der Waals surface area contributed by atoms with Gasteiger partial charge in [0.1, 0.15) is 30.3 Å². The highest BCUT2D eigenvalue weighted by atomic mass is 35.5. The van der Waals surface area contributed by atoms with E-state index in [2.05, 4.69) is 11.9 Å². The Morgan fingerprint density at radius 1 is 0.914 bits per heavy atom. The summed E-state index contributed by atoms with van der Waals surface area (Å²) < 4.78 is 11.2. The molecule has 0 spiro atoms. The lowest BCUT2D eigenvalue weighted by atomic mass is 10.1. The van der Waals surface area contributed by atoms with Crippen molar-refractivity contribution in [3.8, 4) is 11.5 Å². The first-order valence-corrected chi connectivity index (χ1v) is 11.1. The Bertz CT molecular complexity index is 1320. The molecule has 4 amide bonds. The van der Waals surface area contributed by atoms with E-state index in [0.29, 0.717) is 34.4 Å². The average Bonchev–Trinajstić information content (AvgIpc) is 2.86. The number of hydrogen-bond donors (Lipinski definition) is 1. The minimum absolute atomic E-state index is 0.176. The summed E-state index contributed by atoms with van der Waals surface area (Å²) in [4.78, 5) is 39.0. The van der Waals surface area contributed by atoms with Crippen LogP contribution in [0.3, 0.4) is 0 Å². The number of amides is 4. The third-order valence-corrected chi connectivity index (χ3v) is 5.45. The third-order valence-electron chi connectivity index (χ3n) is 5.09. The molecular weight excluding hydrogens is 468 g/mol. The number of ether oxygens (including phenoxy) is 2. The highest BCUT2D eigenvalue weighted by Crippen LogP contribution is 2.26. The minimum Gasteiger partial charge on any atom is -0.490 e. The van der Waals surface area contributed by atoms with Crippen molar-refractivity contribution in [2.75, 3.05) is 11.5 Å². The van der Waals surface area contributed by atoms with E-state index in [1.165, 1.54) is 6.08 Å². The summed E-state index contributed by atoms with van der Waals surface area (Å²) in [6.07, 6.45) is 3.03. The monoisotopic (exact) mass is 488 g/mol. The smallest absolute Gasteiger partial charge is 0.335 e. The van der Waals surface area contributed by atoms with Gasteiger partial charge < -0.3 is 9.47 Å². The second-order valence-electron chi connectivity index (χ2n) is 7.50. The molecule has 8 heteroatoms. The molecule has 176 valence electrons. The number of anilines is 1. The molecule has 0 unspecified atom stereocenters. The van der Waals surface area contributed by atoms with Crippen molar-refractivity contribution in [3.05, 3.63) is 107 Å². The van der Waals surface area contributed by atoms with Gasteiger partial charge in [0, 0.05) is 10.6 Å². The third kappa shape index (κ3) is 5.59. The predicted molar refractivity (Wildman–Crippen MR) is 133 cm³/mol. The van der Waals surface area contributed by atoms with E-state index in [9.17, 15) is 14.4 Å². The van der Waals surface area contributed by atoms with Crippen LogP contribution >= 0.6 is 11.6 Å². The summed E-state index contributed by atoms with van der Waals surface area (Å²) in [7, 11) is 0. The number of barbiturate groups is 1. The molecule has 1 aliphatic rings. The van der Waals surface area contributed by atoms with Gasteiger partial charge in [-0.15, -0.1) is 0 Å². The Kier molecular flexibility index (Phi) is 7.28. The van der Waals surface area contributed by atoms with E-state index in [1.54, 1.807) is 60.7 Å². The van der Waals surface area contributed by atoms with Gasteiger partial charge in [-0.2, -0.15) is 0 Å². The molecular formula is C27H21ClN2O5. The second-order valence-corrected chi connectivity index (χ2v) is 7.91. The lowest BCUT2D eigenvalue weighted by Crippen LogP contribution is -2.54. The Hall–Kier alpha value is -4.36. The summed E-state index contributed by atoms with van der Waals surface area (Å²) in [5.41, 5.74) is 1.52. The Balaban J connectivity index is 1.52. The number of halogens is 1. The van der Waals surface area contributed by atoms with Gasteiger partial charge in [-0.3, -0.25) is 14.9 Å². The van der Waals surface area contributed by atoms with Crippen LogP contribution in [0.2, 0.25) is 5.02 Å². The van der Waals surface area contributed by atoms with Crippen LogP contribution < -0.4 is 19.7 Å². The van der Waals surface area contributed by atoms with Crippen LogP contribution in [0.1, 0.15) is 11.1 Å². The molecule has 1 saturated heterocycles. The standard InChI is InChI=1S/C27H21ClN2O5/c1-2-14-34-22-8-5-6-18(15-22)16-23-25(31)29-27(33)30(26(23)32)20-10-12-21(13-11-20)35-17-19-7-3-4-9-24(19)28/h2-13,15-16H,1,14,17H2,(H,29,31,33)/b23-16-. The number of urea groups is 1. The van der Waals surface area contributed by atoms with Gasteiger partial charge in [-0.05, 0) is 54.1 Å². The predicted octanol–water partition coefficient (Wildman–Crippen LogP) is 5.15. The largest absolute Gasteiger partial charge is 0.490 e. The molecule has 0 aromatic heterocycles. The van der Waals surface area contributed by atoms with E-state index >= 15 is 0 Å². The molecule has 3 aromatic carbocycles. The van der Waals surface area contributed by atoms with Crippen LogP contribution in [0.15, 0.2) is 91.0 Å².